The summed E-state index contributed by atoms with van der Waals surface area (Å²) in [5.41, 5.74) is 2.26. The van der Waals surface area contributed by atoms with Gasteiger partial charge in [-0.15, -0.1) is 0 Å². The zero-order valence-corrected chi connectivity index (χ0v) is 14.4. The monoisotopic (exact) mass is 339 g/mol. The summed E-state index contributed by atoms with van der Waals surface area (Å²) in [5, 5.41) is 8.39. The molecule has 0 radical (unpaired) electrons. The van der Waals surface area contributed by atoms with Gasteiger partial charge < -0.3 is 14.6 Å². The Hall–Kier alpha value is -2.83. The van der Waals surface area contributed by atoms with E-state index >= 15 is 0 Å². The largest absolute Gasteiger partial charge is 0.464 e. The molecular weight excluding hydrogens is 318 g/mol. The molecule has 0 bridgehead atoms. The van der Waals surface area contributed by atoms with Crippen molar-refractivity contribution in [2.45, 2.75) is 25.8 Å². The first-order valence-corrected chi connectivity index (χ1v) is 8.50. The van der Waals surface area contributed by atoms with Crippen molar-refractivity contribution in [2.75, 3.05) is 18.0 Å². The molecule has 7 nitrogen and oxygen atoms in total. The van der Waals surface area contributed by atoms with Gasteiger partial charge in [0.1, 0.15) is 17.1 Å². The lowest BCUT2D eigenvalue weighted by Crippen LogP contribution is -2.48. The second kappa shape index (κ2) is 6.23. The van der Waals surface area contributed by atoms with Crippen LogP contribution in [-0.4, -0.2) is 39.8 Å². The lowest BCUT2D eigenvalue weighted by atomic mass is 10.0. The minimum atomic E-state index is -0.0792. The van der Waals surface area contributed by atoms with Gasteiger partial charge in [0.25, 0.3) is 5.91 Å². The summed E-state index contributed by atoms with van der Waals surface area (Å²) >= 11 is 0. The van der Waals surface area contributed by atoms with Crippen LogP contribution in [0.5, 0.6) is 0 Å². The fourth-order valence-electron chi connectivity index (χ4n) is 3.50. The van der Waals surface area contributed by atoms with Crippen LogP contribution in [0.25, 0.3) is 11.0 Å². The molecule has 130 valence electrons. The second-order valence-electron chi connectivity index (χ2n) is 6.52. The maximum Gasteiger partial charge on any atom is 0.269 e. The zero-order valence-electron chi connectivity index (χ0n) is 14.4. The van der Waals surface area contributed by atoms with Crippen molar-refractivity contribution in [3.05, 3.63) is 42.0 Å². The highest BCUT2D eigenvalue weighted by Gasteiger charge is 2.25. The van der Waals surface area contributed by atoms with Gasteiger partial charge in [0.15, 0.2) is 0 Å². The van der Waals surface area contributed by atoms with Gasteiger partial charge in [-0.05, 0) is 38.0 Å². The first kappa shape index (κ1) is 15.7. The third kappa shape index (κ3) is 2.97. The van der Waals surface area contributed by atoms with Crippen molar-refractivity contribution in [3.8, 4) is 0 Å². The number of piperidine rings is 1. The smallest absolute Gasteiger partial charge is 0.269 e. The van der Waals surface area contributed by atoms with Crippen LogP contribution in [0.4, 0.5) is 5.82 Å². The number of aromatic nitrogens is 3. The van der Waals surface area contributed by atoms with E-state index in [0.29, 0.717) is 5.69 Å². The number of amides is 1. The summed E-state index contributed by atoms with van der Waals surface area (Å²) in [6, 6.07) is 5.70. The zero-order chi connectivity index (χ0) is 17.4. The number of aryl methyl sites for hydroxylation is 2. The fraction of sp³-hybridized carbons (Fsp3) is 0.389. The third-order valence-electron chi connectivity index (χ3n) is 4.65. The number of carbonyl (C=O) groups excluding carboxylic acids is 1. The normalized spacial score (nSPS) is 17.8. The van der Waals surface area contributed by atoms with Gasteiger partial charge in [-0.25, -0.2) is 4.98 Å². The Morgan fingerprint density at radius 3 is 3.08 bits per heavy atom. The van der Waals surface area contributed by atoms with Crippen molar-refractivity contribution in [1.82, 2.24) is 20.1 Å². The quantitative estimate of drug-likeness (QED) is 0.792. The summed E-state index contributed by atoms with van der Waals surface area (Å²) in [7, 11) is 1.79. The predicted molar refractivity (Wildman–Crippen MR) is 94.7 cm³/mol. The molecular formula is C18H21N5O2. The number of carbonyl (C=O) groups is 1. The molecule has 7 heteroatoms. The van der Waals surface area contributed by atoms with E-state index in [1.165, 1.54) is 0 Å². The van der Waals surface area contributed by atoms with Crippen LogP contribution in [0.15, 0.2) is 35.1 Å². The topological polar surface area (TPSA) is 76.2 Å². The van der Waals surface area contributed by atoms with Gasteiger partial charge in [0, 0.05) is 32.4 Å². The van der Waals surface area contributed by atoms with Gasteiger partial charge >= 0.3 is 0 Å². The summed E-state index contributed by atoms with van der Waals surface area (Å²) in [6.07, 6.45) is 5.41. The van der Waals surface area contributed by atoms with Gasteiger partial charge in [0.2, 0.25) is 0 Å². The van der Waals surface area contributed by atoms with Crippen LogP contribution in [-0.2, 0) is 7.05 Å². The molecule has 0 aromatic carbocycles. The van der Waals surface area contributed by atoms with Gasteiger partial charge in [0.05, 0.1) is 17.3 Å². The first-order chi connectivity index (χ1) is 12.1. The Balaban J connectivity index is 1.50. The van der Waals surface area contributed by atoms with Crippen molar-refractivity contribution in [2.24, 2.45) is 7.05 Å². The molecule has 4 rings (SSSR count). The number of hydrogen-bond acceptors (Lipinski definition) is 5. The molecule has 1 fully saturated rings. The van der Waals surface area contributed by atoms with Crippen molar-refractivity contribution in [3.63, 3.8) is 0 Å². The molecule has 0 saturated carbocycles. The SMILES string of the molecule is Cc1cc(C(=O)NC2CCCN(c3nccc4occc34)C2)n(C)n1. The average molecular weight is 339 g/mol. The highest BCUT2D eigenvalue weighted by Crippen LogP contribution is 2.27. The van der Waals surface area contributed by atoms with Gasteiger partial charge in [-0.2, -0.15) is 5.10 Å². The van der Waals surface area contributed by atoms with Crippen LogP contribution in [0.2, 0.25) is 0 Å². The summed E-state index contributed by atoms with van der Waals surface area (Å²) in [4.78, 5) is 19.3. The third-order valence-corrected chi connectivity index (χ3v) is 4.65. The number of furan rings is 1. The van der Waals surface area contributed by atoms with E-state index in [1.807, 2.05) is 25.1 Å². The number of hydrogen-bond donors (Lipinski definition) is 1. The van der Waals surface area contributed by atoms with Gasteiger partial charge in [-0.1, -0.05) is 0 Å². The van der Waals surface area contributed by atoms with E-state index in [4.69, 9.17) is 4.42 Å². The van der Waals surface area contributed by atoms with Gasteiger partial charge in [-0.3, -0.25) is 9.48 Å². The molecule has 0 aliphatic carbocycles. The maximum absolute atomic E-state index is 12.5. The van der Waals surface area contributed by atoms with Crippen molar-refractivity contribution >= 4 is 22.7 Å². The van der Waals surface area contributed by atoms with E-state index in [0.717, 1.165) is 48.4 Å². The van der Waals surface area contributed by atoms with Crippen LogP contribution in [0, 0.1) is 6.92 Å². The molecule has 4 heterocycles. The molecule has 1 N–H and O–H groups in total. The lowest BCUT2D eigenvalue weighted by Gasteiger charge is -2.34. The number of anilines is 1. The second-order valence-corrected chi connectivity index (χ2v) is 6.52. The van der Waals surface area contributed by atoms with E-state index in [9.17, 15) is 4.79 Å². The Morgan fingerprint density at radius 1 is 1.40 bits per heavy atom. The van der Waals surface area contributed by atoms with Crippen molar-refractivity contribution in [1.29, 1.82) is 0 Å². The Labute approximate surface area is 145 Å². The molecule has 25 heavy (non-hydrogen) atoms. The van der Waals surface area contributed by atoms with E-state index < -0.39 is 0 Å². The standard InChI is InChI=1S/C18H21N5O2/c1-12-10-15(22(2)21-12)18(24)20-13-4-3-8-23(11-13)17-14-6-9-25-16(14)5-7-19-17/h5-7,9-10,13H,3-4,8,11H2,1-2H3,(H,20,24). The number of rotatable bonds is 3. The van der Waals surface area contributed by atoms with Crippen LogP contribution < -0.4 is 10.2 Å². The molecule has 1 unspecified atom stereocenters. The van der Waals surface area contributed by atoms with E-state index in [1.54, 1.807) is 24.2 Å². The summed E-state index contributed by atoms with van der Waals surface area (Å²) in [6.45, 7) is 3.55. The number of nitrogens with zero attached hydrogens (tertiary/aromatic N) is 4. The van der Waals surface area contributed by atoms with Crippen LogP contribution in [0.1, 0.15) is 29.0 Å². The molecule has 1 saturated heterocycles. The summed E-state index contributed by atoms with van der Waals surface area (Å²) < 4.78 is 7.09. The number of nitrogens with one attached hydrogen (secondary N) is 1. The Morgan fingerprint density at radius 2 is 2.28 bits per heavy atom. The predicted octanol–water partition coefficient (Wildman–Crippen LogP) is 2.27. The van der Waals surface area contributed by atoms with E-state index in [2.05, 4.69) is 20.3 Å². The minimum absolute atomic E-state index is 0.0792. The van der Waals surface area contributed by atoms with Crippen LogP contribution in [0.3, 0.4) is 0 Å². The average Bonchev–Trinajstić information content (AvgIpc) is 3.20. The number of fused-ring (bicyclic) bond motifs is 1. The number of pyridine rings is 1. The van der Waals surface area contributed by atoms with E-state index in [-0.39, 0.29) is 11.9 Å². The molecule has 0 spiro atoms. The van der Waals surface area contributed by atoms with Crippen molar-refractivity contribution < 1.29 is 9.21 Å². The molecule has 1 atom stereocenters. The molecule has 3 aromatic heterocycles. The molecule has 3 aromatic rings. The van der Waals surface area contributed by atoms with Crippen LogP contribution >= 0.6 is 0 Å². The lowest BCUT2D eigenvalue weighted by molar-refractivity contribution is 0.0923. The fourth-order valence-corrected chi connectivity index (χ4v) is 3.50. The molecule has 1 amide bonds. The minimum Gasteiger partial charge on any atom is -0.464 e. The summed E-state index contributed by atoms with van der Waals surface area (Å²) in [5.74, 6) is 0.839. The Bertz CT molecular complexity index is 913. The first-order valence-electron chi connectivity index (χ1n) is 8.50. The molecule has 1 aliphatic heterocycles. The highest BCUT2D eigenvalue weighted by atomic mass is 16.3. The maximum atomic E-state index is 12.5. The highest BCUT2D eigenvalue weighted by molar-refractivity contribution is 5.93. The molecule has 1 aliphatic rings. The Kier molecular flexibility index (Phi) is 3.91.